The number of halogens is 3. The average molecular weight is 827 g/mol. The smallest absolute Gasteiger partial charge is 0.416 e. The number of hydrogen-bond donors (Lipinski definition) is 1. The summed E-state index contributed by atoms with van der Waals surface area (Å²) in [6, 6.07) is 15.8. The molecule has 320 valence electrons. The number of rotatable bonds is 23. The van der Waals surface area contributed by atoms with Crippen LogP contribution in [0.3, 0.4) is 0 Å². The Morgan fingerprint density at radius 2 is 1.68 bits per heavy atom. The monoisotopic (exact) mass is 826 g/mol. The maximum Gasteiger partial charge on any atom is 0.416 e. The maximum absolute atomic E-state index is 12.6. The fraction of sp³-hybridized carbons (Fsp3) is 0.386. The van der Waals surface area contributed by atoms with Crippen molar-refractivity contribution in [3.8, 4) is 23.0 Å². The molecule has 3 rings (SSSR count). The number of esters is 2. The van der Waals surface area contributed by atoms with Gasteiger partial charge in [-0.3, -0.25) is 4.79 Å². The third kappa shape index (κ3) is 21.3. The molecular weight excluding hydrogens is 773 g/mol. The van der Waals surface area contributed by atoms with Gasteiger partial charge >= 0.3 is 18.1 Å². The summed E-state index contributed by atoms with van der Waals surface area (Å²) in [5.74, 6) is -0.111. The molecule has 0 aliphatic heterocycles. The number of unbranched alkanes of at least 4 members (excludes halogenated alkanes) is 2. The minimum Gasteiger partial charge on any atom is -0.493 e. The Hall–Kier alpha value is -6.12. The highest BCUT2D eigenvalue weighted by molar-refractivity contribution is 5.89. The van der Waals surface area contributed by atoms with Crippen LogP contribution in [0.1, 0.15) is 88.8 Å². The van der Waals surface area contributed by atoms with Crippen molar-refractivity contribution < 1.29 is 56.4 Å². The van der Waals surface area contributed by atoms with Crippen LogP contribution >= 0.6 is 0 Å². The summed E-state index contributed by atoms with van der Waals surface area (Å²) in [6.45, 7) is 6.10. The Kier molecular flexibility index (Phi) is 22.9. The van der Waals surface area contributed by atoms with Crippen molar-refractivity contribution in [1.29, 1.82) is 0 Å². The van der Waals surface area contributed by atoms with Crippen molar-refractivity contribution in [2.45, 2.75) is 84.9 Å². The molecule has 0 saturated carbocycles. The van der Waals surface area contributed by atoms with Crippen LogP contribution in [0.25, 0.3) is 6.08 Å². The zero-order valence-corrected chi connectivity index (χ0v) is 33.8. The molecule has 0 fully saturated rings. The number of amides is 1. The van der Waals surface area contributed by atoms with E-state index in [9.17, 15) is 37.7 Å². The fourth-order valence-electron chi connectivity index (χ4n) is 5.18. The van der Waals surface area contributed by atoms with Crippen molar-refractivity contribution in [2.24, 2.45) is 5.92 Å². The van der Waals surface area contributed by atoms with E-state index in [1.165, 1.54) is 62.8 Å². The second-order valence-corrected chi connectivity index (χ2v) is 12.9. The first-order valence-electron chi connectivity index (χ1n) is 19.3. The summed E-state index contributed by atoms with van der Waals surface area (Å²) in [5, 5.41) is 11.9. The average Bonchev–Trinajstić information content (AvgIpc) is 3.21. The van der Waals surface area contributed by atoms with Crippen molar-refractivity contribution in [3.63, 3.8) is 0 Å². The molecular formula is C44H53F3N2O10. The lowest BCUT2D eigenvalue weighted by Crippen LogP contribution is -2.31. The lowest BCUT2D eigenvalue weighted by atomic mass is 9.99. The first-order valence-corrected chi connectivity index (χ1v) is 19.3. The summed E-state index contributed by atoms with van der Waals surface area (Å²) >= 11 is 0. The van der Waals surface area contributed by atoms with Crippen molar-refractivity contribution in [3.05, 3.63) is 124 Å². The Balaban J connectivity index is 0.000000464. The van der Waals surface area contributed by atoms with Gasteiger partial charge in [-0.2, -0.15) is 13.2 Å². The van der Waals surface area contributed by atoms with Gasteiger partial charge < -0.3 is 29.1 Å². The molecule has 0 radical (unpaired) electrons. The Morgan fingerprint density at radius 3 is 2.37 bits per heavy atom. The number of allylic oxidation sites excluding steroid dienone is 3. The molecule has 15 heteroatoms. The Morgan fingerprint density at radius 1 is 0.915 bits per heavy atom. The molecule has 1 N–H and O–H groups in total. The van der Waals surface area contributed by atoms with Gasteiger partial charge in [0.1, 0.15) is 24.7 Å². The highest BCUT2D eigenvalue weighted by atomic mass is 19.4. The number of nitrogens with one attached hydrogen (secondary N) is 1. The number of ether oxygens (including phenoxy) is 4. The van der Waals surface area contributed by atoms with Gasteiger partial charge in [0.05, 0.1) is 19.3 Å². The summed E-state index contributed by atoms with van der Waals surface area (Å²) in [5.41, 5.74) is 0.354. The summed E-state index contributed by atoms with van der Waals surface area (Å²) in [6.07, 6.45) is 13.7. The highest BCUT2D eigenvalue weighted by Crippen LogP contribution is 2.31. The van der Waals surface area contributed by atoms with Gasteiger partial charge in [0.25, 0.3) is 5.09 Å². The number of carbonyl (C=O) groups excluding carboxylic acids is 3. The molecule has 3 aromatic rings. The van der Waals surface area contributed by atoms with E-state index in [0.717, 1.165) is 25.0 Å². The van der Waals surface area contributed by atoms with Crippen molar-refractivity contribution in [2.75, 3.05) is 20.3 Å². The van der Waals surface area contributed by atoms with Gasteiger partial charge in [-0.05, 0) is 105 Å². The van der Waals surface area contributed by atoms with Gasteiger partial charge in [-0.25, -0.2) is 9.59 Å². The van der Waals surface area contributed by atoms with E-state index in [1.54, 1.807) is 30.3 Å². The topological polar surface area (TPSA) is 153 Å². The molecule has 0 spiro atoms. The van der Waals surface area contributed by atoms with Gasteiger partial charge in [0, 0.05) is 12.5 Å². The van der Waals surface area contributed by atoms with Gasteiger partial charge in [-0.15, -0.1) is 10.1 Å². The van der Waals surface area contributed by atoms with Gasteiger partial charge in [0.15, 0.2) is 11.5 Å². The summed E-state index contributed by atoms with van der Waals surface area (Å²) < 4.78 is 58.9. The fourth-order valence-corrected chi connectivity index (χ4v) is 5.18. The van der Waals surface area contributed by atoms with E-state index in [2.05, 4.69) is 36.2 Å². The van der Waals surface area contributed by atoms with E-state index in [4.69, 9.17) is 18.9 Å². The first-order chi connectivity index (χ1) is 28.3. The number of benzene rings is 3. The van der Waals surface area contributed by atoms with Crippen LogP contribution in [0.15, 0.2) is 97.1 Å². The van der Waals surface area contributed by atoms with Crippen LogP contribution in [0, 0.1) is 16.0 Å². The predicted octanol–water partition coefficient (Wildman–Crippen LogP) is 10.0. The molecule has 3 aromatic carbocycles. The van der Waals surface area contributed by atoms with Gasteiger partial charge in [-0.1, -0.05) is 75.3 Å². The van der Waals surface area contributed by atoms with Crippen molar-refractivity contribution in [1.82, 2.24) is 5.32 Å². The van der Waals surface area contributed by atoms with E-state index in [1.807, 2.05) is 19.1 Å². The van der Waals surface area contributed by atoms with E-state index in [0.29, 0.717) is 42.9 Å². The van der Waals surface area contributed by atoms with E-state index < -0.39 is 28.8 Å². The Bertz CT molecular complexity index is 1860. The van der Waals surface area contributed by atoms with Crippen LogP contribution in [0.2, 0.25) is 0 Å². The van der Waals surface area contributed by atoms with E-state index in [-0.39, 0.29) is 42.1 Å². The largest absolute Gasteiger partial charge is 0.493 e. The molecule has 0 aromatic heterocycles. The highest BCUT2D eigenvalue weighted by Gasteiger charge is 2.30. The molecule has 0 bridgehead atoms. The number of hydrogen-bond acceptors (Lipinski definition) is 10. The zero-order chi connectivity index (χ0) is 43.5. The SMILES string of the molecule is C/C=C\CCCC(=O)NCC(=O)Oc1ccc(/C=C/C(=O)Oc2cccc(CO[N+](=O)[O-])c2)cc1OC.CCCCC(/C=C/CCOc1cccc(C(F)(F)F)c1)CC. The van der Waals surface area contributed by atoms with Crippen molar-refractivity contribution >= 4 is 23.9 Å². The first kappa shape index (κ1) is 49.0. The number of nitrogens with zero attached hydrogens (tertiary/aromatic N) is 1. The number of alkyl halides is 3. The van der Waals surface area contributed by atoms with Gasteiger partial charge in [0.2, 0.25) is 5.91 Å². The van der Waals surface area contributed by atoms with Crippen LogP contribution in [0.4, 0.5) is 13.2 Å². The van der Waals surface area contributed by atoms with E-state index >= 15 is 0 Å². The lowest BCUT2D eigenvalue weighted by molar-refractivity contribution is -0.763. The number of methoxy groups -OCH3 is 1. The molecule has 0 saturated heterocycles. The van der Waals surface area contributed by atoms with Crippen LogP contribution in [-0.2, 0) is 32.0 Å². The normalized spacial score (nSPS) is 11.8. The predicted molar refractivity (Wildman–Crippen MR) is 217 cm³/mol. The van der Waals surface area contributed by atoms with Crippen LogP contribution in [-0.4, -0.2) is 43.2 Å². The standard InChI is InChI=1S/C26H28N2O9.C18H25F3O/c1-3-4-5-6-10-24(29)27-17-26(31)37-22-13-11-19(16-23(22)34-2)12-14-25(30)36-21-9-7-8-20(15-21)18-35-28(32)33;1-3-5-9-15(4-2)10-6-7-13-22-17-12-8-11-16(14-17)18(19,20)21/h3-4,7-9,11-16H,5-6,10,17-18H2,1-2H3,(H,27,29);6,8,10-12,14-15H,3-5,7,9,13H2,1-2H3/b4-3-,14-12+;10-6+. The minimum atomic E-state index is -4.33. The molecule has 1 unspecified atom stereocenters. The molecule has 1 atom stereocenters. The zero-order valence-electron chi connectivity index (χ0n) is 33.8. The number of carbonyl (C=O) groups is 3. The third-order valence-corrected chi connectivity index (χ3v) is 8.29. The third-order valence-electron chi connectivity index (χ3n) is 8.29. The summed E-state index contributed by atoms with van der Waals surface area (Å²) in [4.78, 5) is 50.7. The molecule has 0 heterocycles. The Labute approximate surface area is 343 Å². The maximum atomic E-state index is 12.6. The molecule has 0 aliphatic rings. The van der Waals surface area contributed by atoms with Crippen LogP contribution < -0.4 is 24.3 Å². The summed E-state index contributed by atoms with van der Waals surface area (Å²) in [7, 11) is 1.40. The van der Waals surface area contributed by atoms with Crippen LogP contribution in [0.5, 0.6) is 23.0 Å². The quantitative estimate of drug-likeness (QED) is 0.0186. The molecule has 0 aliphatic carbocycles. The second kappa shape index (κ2) is 27.5. The molecule has 12 nitrogen and oxygen atoms in total. The second-order valence-electron chi connectivity index (χ2n) is 12.9. The molecule has 59 heavy (non-hydrogen) atoms. The molecule has 1 amide bonds. The lowest BCUT2D eigenvalue weighted by Gasteiger charge is -2.10. The minimum absolute atomic E-state index is 0.156.